The summed E-state index contributed by atoms with van der Waals surface area (Å²) in [5.41, 5.74) is 2.32. The minimum atomic E-state index is -0.715. The lowest BCUT2D eigenvalue weighted by Crippen LogP contribution is -2.34. The highest BCUT2D eigenvalue weighted by Gasteiger charge is 2.71. The Morgan fingerprint density at radius 1 is 1.25 bits per heavy atom. The van der Waals surface area contributed by atoms with Crippen LogP contribution in [0.3, 0.4) is 0 Å². The van der Waals surface area contributed by atoms with Crippen molar-refractivity contribution < 1.29 is 15.0 Å². The fourth-order valence-electron chi connectivity index (χ4n) is 5.57. The molecule has 1 spiro atoms. The van der Waals surface area contributed by atoms with E-state index in [0.29, 0.717) is 6.54 Å². The molecule has 1 aromatic carbocycles. The highest BCUT2D eigenvalue weighted by Crippen LogP contribution is 2.68. The first-order valence-electron chi connectivity index (χ1n) is 9.94. The van der Waals surface area contributed by atoms with E-state index in [1.54, 1.807) is 11.0 Å². The zero-order valence-electron chi connectivity index (χ0n) is 15.6. The van der Waals surface area contributed by atoms with Crippen molar-refractivity contribution in [1.82, 2.24) is 9.88 Å². The molecule has 1 saturated heterocycles. The van der Waals surface area contributed by atoms with Crippen LogP contribution < -0.4 is 5.56 Å². The first kappa shape index (κ1) is 17.6. The van der Waals surface area contributed by atoms with Crippen LogP contribution in [-0.4, -0.2) is 51.8 Å². The van der Waals surface area contributed by atoms with Crippen LogP contribution in [-0.2, 0) is 12.8 Å². The molecule has 3 aliphatic rings. The molecule has 2 fully saturated rings. The number of likely N-dealkylation sites (tertiary alicyclic amines) is 1. The third-order valence-electron chi connectivity index (χ3n) is 7.00. The lowest BCUT2D eigenvalue weighted by Gasteiger charge is -2.17. The van der Waals surface area contributed by atoms with E-state index in [9.17, 15) is 19.8 Å². The zero-order valence-corrected chi connectivity index (χ0v) is 15.6. The number of rotatable bonds is 3. The summed E-state index contributed by atoms with van der Waals surface area (Å²) in [6.07, 6.45) is 2.00. The number of carbonyl (C=O) groups excluding carboxylic acids is 1. The minimum absolute atomic E-state index is 0.0183. The van der Waals surface area contributed by atoms with Gasteiger partial charge in [0.2, 0.25) is 0 Å². The summed E-state index contributed by atoms with van der Waals surface area (Å²) in [7, 11) is 0. The smallest absolute Gasteiger partial charge is 0.261 e. The van der Waals surface area contributed by atoms with Gasteiger partial charge in [0, 0.05) is 30.8 Å². The van der Waals surface area contributed by atoms with Crippen LogP contribution in [0.4, 0.5) is 0 Å². The second-order valence-electron chi connectivity index (χ2n) is 8.36. The number of aliphatic hydroxyl groups is 2. The first-order chi connectivity index (χ1) is 13.6. The number of aryl methyl sites for hydroxylation is 2. The van der Waals surface area contributed by atoms with Gasteiger partial charge in [0.25, 0.3) is 11.5 Å². The Kier molecular flexibility index (Phi) is 3.96. The Balaban J connectivity index is 1.44. The van der Waals surface area contributed by atoms with Crippen LogP contribution in [0, 0.1) is 11.3 Å². The zero-order chi connectivity index (χ0) is 19.5. The molecule has 6 nitrogen and oxygen atoms in total. The Labute approximate surface area is 162 Å². The molecule has 6 heteroatoms. The van der Waals surface area contributed by atoms with Gasteiger partial charge >= 0.3 is 0 Å². The van der Waals surface area contributed by atoms with Crippen molar-refractivity contribution in [2.75, 3.05) is 19.7 Å². The maximum atomic E-state index is 13.1. The number of aliphatic hydroxyl groups excluding tert-OH is 2. The number of carbonyl (C=O) groups is 1. The average molecular weight is 380 g/mol. The van der Waals surface area contributed by atoms with E-state index in [0.717, 1.165) is 36.1 Å². The molecular formula is C22H24N2O4. The van der Waals surface area contributed by atoms with Crippen LogP contribution >= 0.6 is 0 Å². The molecule has 1 aromatic heterocycles. The molecule has 0 radical (unpaired) electrons. The number of hydrogen-bond acceptors (Lipinski definition) is 4. The molecular weight excluding hydrogens is 356 g/mol. The molecule has 3 N–H and O–H groups in total. The van der Waals surface area contributed by atoms with Crippen molar-refractivity contribution >= 4 is 5.91 Å². The topological polar surface area (TPSA) is 93.6 Å². The number of aromatic nitrogens is 1. The van der Waals surface area contributed by atoms with Crippen LogP contribution in [0.1, 0.15) is 39.5 Å². The summed E-state index contributed by atoms with van der Waals surface area (Å²) < 4.78 is 0. The van der Waals surface area contributed by atoms with Gasteiger partial charge in [-0.15, -0.1) is 0 Å². The van der Waals surface area contributed by atoms with E-state index in [1.165, 1.54) is 0 Å². The number of benzene rings is 1. The SMILES string of the molecule is O=C(c1cc2c([nH]c1=O)CCC2)N1C[C@H](O)[C@@]2(C1)[C@H](CO)[C@H]2c1ccccc1. The summed E-state index contributed by atoms with van der Waals surface area (Å²) >= 11 is 0. The number of aromatic amines is 1. The van der Waals surface area contributed by atoms with Crippen molar-refractivity contribution in [3.05, 3.63) is 69.1 Å². The van der Waals surface area contributed by atoms with E-state index >= 15 is 0 Å². The van der Waals surface area contributed by atoms with Crippen LogP contribution in [0.2, 0.25) is 0 Å². The second kappa shape index (κ2) is 6.29. The Morgan fingerprint density at radius 3 is 2.79 bits per heavy atom. The lowest BCUT2D eigenvalue weighted by molar-refractivity contribution is 0.0762. The number of β-amino-alcohol motifs (C(OH)–C–C–N with tert-alkyl or cyclic N) is 1. The Morgan fingerprint density at radius 2 is 2.04 bits per heavy atom. The van der Waals surface area contributed by atoms with Crippen LogP contribution in [0.25, 0.3) is 0 Å². The van der Waals surface area contributed by atoms with Gasteiger partial charge in [-0.1, -0.05) is 30.3 Å². The number of H-pyrrole nitrogens is 1. The molecule has 2 heterocycles. The molecule has 0 unspecified atom stereocenters. The number of fused-ring (bicyclic) bond motifs is 1. The van der Waals surface area contributed by atoms with Gasteiger partial charge in [-0.05, 0) is 48.3 Å². The predicted molar refractivity (Wildman–Crippen MR) is 103 cm³/mol. The van der Waals surface area contributed by atoms with Gasteiger partial charge in [0.15, 0.2) is 0 Å². The van der Waals surface area contributed by atoms with Gasteiger partial charge in [-0.3, -0.25) is 9.59 Å². The summed E-state index contributed by atoms with van der Waals surface area (Å²) in [6.45, 7) is 0.515. The molecule has 2 aromatic rings. The van der Waals surface area contributed by atoms with E-state index in [2.05, 4.69) is 4.98 Å². The van der Waals surface area contributed by atoms with Gasteiger partial charge in [0.05, 0.1) is 6.10 Å². The molecule has 1 aliphatic heterocycles. The van der Waals surface area contributed by atoms with Gasteiger partial charge in [0.1, 0.15) is 5.56 Å². The molecule has 1 saturated carbocycles. The van der Waals surface area contributed by atoms with Crippen LogP contribution in [0.5, 0.6) is 0 Å². The largest absolute Gasteiger partial charge is 0.396 e. The highest BCUT2D eigenvalue weighted by atomic mass is 16.3. The monoisotopic (exact) mass is 380 g/mol. The van der Waals surface area contributed by atoms with Gasteiger partial charge < -0.3 is 20.1 Å². The van der Waals surface area contributed by atoms with Crippen LogP contribution in [0.15, 0.2) is 41.2 Å². The normalized spacial score (nSPS) is 30.6. The van der Waals surface area contributed by atoms with Gasteiger partial charge in [-0.25, -0.2) is 0 Å². The number of pyridine rings is 1. The predicted octanol–water partition coefficient (Wildman–Crippen LogP) is 1.07. The number of amides is 1. The van der Waals surface area contributed by atoms with E-state index in [1.807, 2.05) is 30.3 Å². The lowest BCUT2D eigenvalue weighted by atomic mass is 9.95. The molecule has 0 bridgehead atoms. The minimum Gasteiger partial charge on any atom is -0.396 e. The summed E-state index contributed by atoms with van der Waals surface area (Å²) in [5, 5.41) is 20.8. The van der Waals surface area contributed by atoms with Crippen molar-refractivity contribution in [2.24, 2.45) is 11.3 Å². The van der Waals surface area contributed by atoms with Crippen molar-refractivity contribution in [2.45, 2.75) is 31.3 Å². The quantitative estimate of drug-likeness (QED) is 0.743. The maximum Gasteiger partial charge on any atom is 0.261 e. The molecule has 1 amide bonds. The van der Waals surface area contributed by atoms with Crippen molar-refractivity contribution in [3.8, 4) is 0 Å². The first-order valence-corrected chi connectivity index (χ1v) is 9.94. The standard InChI is InChI=1S/C22H24N2O4/c25-11-16-19(13-5-2-1-3-6-13)22(16)12-24(10-18(22)26)21(28)15-9-14-7-4-8-17(14)23-20(15)27/h1-3,5-6,9,16,18-19,25-26H,4,7-8,10-12H2,(H,23,27)/t16-,18+,19-,22-/m1/s1. The summed E-state index contributed by atoms with van der Waals surface area (Å²) in [6, 6.07) is 11.6. The third-order valence-corrected chi connectivity index (χ3v) is 7.00. The molecule has 146 valence electrons. The maximum absolute atomic E-state index is 13.1. The summed E-state index contributed by atoms with van der Waals surface area (Å²) in [5.74, 6) is -0.395. The Bertz CT molecular complexity index is 986. The number of nitrogens with zero attached hydrogens (tertiary/aromatic N) is 1. The van der Waals surface area contributed by atoms with Crippen molar-refractivity contribution in [1.29, 1.82) is 0 Å². The van der Waals surface area contributed by atoms with Crippen molar-refractivity contribution in [3.63, 3.8) is 0 Å². The molecule has 2 aliphatic carbocycles. The fourth-order valence-corrected chi connectivity index (χ4v) is 5.57. The fraction of sp³-hybridized carbons (Fsp3) is 0.455. The Hall–Kier alpha value is -2.44. The van der Waals surface area contributed by atoms with Gasteiger partial charge in [-0.2, -0.15) is 0 Å². The number of hydrogen-bond donors (Lipinski definition) is 3. The van der Waals surface area contributed by atoms with E-state index in [4.69, 9.17) is 0 Å². The van der Waals surface area contributed by atoms with E-state index in [-0.39, 0.29) is 42.0 Å². The molecule has 5 rings (SSSR count). The highest BCUT2D eigenvalue weighted by molar-refractivity contribution is 5.94. The second-order valence-corrected chi connectivity index (χ2v) is 8.36. The average Bonchev–Trinajstić information content (AvgIpc) is 2.94. The number of nitrogens with one attached hydrogen (secondary N) is 1. The van der Waals surface area contributed by atoms with E-state index < -0.39 is 11.5 Å². The third kappa shape index (κ3) is 2.41. The molecule has 4 atom stereocenters. The molecule has 28 heavy (non-hydrogen) atoms. The summed E-state index contributed by atoms with van der Waals surface area (Å²) in [4.78, 5) is 30.0.